The molecule has 1 aliphatic carbocycles. The summed E-state index contributed by atoms with van der Waals surface area (Å²) in [6.45, 7) is 0.0904. The zero-order valence-corrected chi connectivity index (χ0v) is 10.7. The van der Waals surface area contributed by atoms with Crippen LogP contribution < -0.4 is 5.73 Å². The fourth-order valence-corrected chi connectivity index (χ4v) is 2.66. The zero-order chi connectivity index (χ0) is 14.3. The Bertz CT molecular complexity index is 629. The van der Waals surface area contributed by atoms with Crippen molar-refractivity contribution in [1.29, 1.82) is 0 Å². The number of hydrogen-bond acceptors (Lipinski definition) is 5. The first kappa shape index (κ1) is 13.2. The number of nitrogens with two attached hydrogens (primary N) is 1. The second-order valence-electron chi connectivity index (χ2n) is 5.08. The Morgan fingerprint density at radius 1 is 1.30 bits per heavy atom. The molecule has 0 saturated heterocycles. The van der Waals surface area contributed by atoms with Crippen molar-refractivity contribution in [2.75, 3.05) is 12.3 Å². The van der Waals surface area contributed by atoms with E-state index in [-0.39, 0.29) is 19.0 Å². The first-order chi connectivity index (χ1) is 9.55. The number of hydrogen-bond donors (Lipinski definition) is 2. The molecule has 0 amide bonds. The molecule has 1 fully saturated rings. The molecule has 0 bridgehead atoms. The molecule has 0 spiro atoms. The SMILES string of the molecule is Nc1ncnc2c1ncn2C[C@H]1[C@@H](CCCO)C1(F)F. The van der Waals surface area contributed by atoms with Gasteiger partial charge in [0, 0.05) is 25.0 Å². The highest BCUT2D eigenvalue weighted by Gasteiger charge is 2.67. The largest absolute Gasteiger partial charge is 0.396 e. The van der Waals surface area contributed by atoms with E-state index in [4.69, 9.17) is 10.8 Å². The lowest BCUT2D eigenvalue weighted by Crippen LogP contribution is -2.05. The number of halogens is 2. The highest BCUT2D eigenvalue weighted by atomic mass is 19.3. The van der Waals surface area contributed by atoms with Gasteiger partial charge in [0.2, 0.25) is 0 Å². The zero-order valence-electron chi connectivity index (χ0n) is 10.7. The Morgan fingerprint density at radius 3 is 2.85 bits per heavy atom. The second kappa shape index (κ2) is 4.62. The maximum Gasteiger partial charge on any atom is 0.256 e. The van der Waals surface area contributed by atoms with Crippen LogP contribution in [0.1, 0.15) is 12.8 Å². The van der Waals surface area contributed by atoms with Crippen molar-refractivity contribution < 1.29 is 13.9 Å². The quantitative estimate of drug-likeness (QED) is 0.856. The minimum Gasteiger partial charge on any atom is -0.396 e. The maximum absolute atomic E-state index is 13.7. The van der Waals surface area contributed by atoms with Gasteiger partial charge in [0.15, 0.2) is 11.5 Å². The van der Waals surface area contributed by atoms with E-state index in [9.17, 15) is 8.78 Å². The normalized spacial score (nSPS) is 24.1. The lowest BCUT2D eigenvalue weighted by molar-refractivity contribution is 0.0791. The summed E-state index contributed by atoms with van der Waals surface area (Å²) >= 11 is 0. The molecular formula is C12H15F2N5O. The molecular weight excluding hydrogens is 268 g/mol. The third-order valence-corrected chi connectivity index (χ3v) is 3.86. The van der Waals surface area contributed by atoms with Gasteiger partial charge in [-0.3, -0.25) is 0 Å². The van der Waals surface area contributed by atoms with E-state index in [1.54, 1.807) is 4.57 Å². The van der Waals surface area contributed by atoms with Crippen molar-refractivity contribution >= 4 is 17.0 Å². The third-order valence-electron chi connectivity index (χ3n) is 3.86. The van der Waals surface area contributed by atoms with Crippen molar-refractivity contribution in [3.63, 3.8) is 0 Å². The van der Waals surface area contributed by atoms with E-state index in [0.29, 0.717) is 24.0 Å². The number of aliphatic hydroxyl groups is 1. The van der Waals surface area contributed by atoms with E-state index in [2.05, 4.69) is 15.0 Å². The molecule has 8 heteroatoms. The van der Waals surface area contributed by atoms with E-state index in [0.717, 1.165) is 0 Å². The number of anilines is 1. The van der Waals surface area contributed by atoms with Crippen LogP contribution in [0.5, 0.6) is 0 Å². The molecule has 2 aromatic heterocycles. The van der Waals surface area contributed by atoms with Gasteiger partial charge in [-0.1, -0.05) is 0 Å². The molecule has 1 aliphatic rings. The molecule has 3 N–H and O–H groups in total. The summed E-state index contributed by atoms with van der Waals surface area (Å²) in [6, 6.07) is 0. The van der Waals surface area contributed by atoms with Crippen LogP contribution in [-0.4, -0.2) is 37.2 Å². The molecule has 0 unspecified atom stereocenters. The first-order valence-electron chi connectivity index (χ1n) is 6.45. The van der Waals surface area contributed by atoms with Crippen molar-refractivity contribution in [2.24, 2.45) is 11.8 Å². The number of aliphatic hydroxyl groups excluding tert-OH is 1. The van der Waals surface area contributed by atoms with Gasteiger partial charge < -0.3 is 15.4 Å². The highest BCUT2D eigenvalue weighted by molar-refractivity contribution is 5.81. The third kappa shape index (κ3) is 2.00. The fraction of sp³-hybridized carbons (Fsp3) is 0.583. The Balaban J connectivity index is 1.79. The average molecular weight is 283 g/mol. The molecule has 0 aromatic carbocycles. The number of rotatable bonds is 5. The number of nitrogens with zero attached hydrogens (tertiary/aromatic N) is 4. The summed E-state index contributed by atoms with van der Waals surface area (Å²) in [5.41, 5.74) is 6.57. The topological polar surface area (TPSA) is 89.9 Å². The van der Waals surface area contributed by atoms with Gasteiger partial charge in [-0.2, -0.15) is 0 Å². The van der Waals surface area contributed by atoms with Crippen LogP contribution in [0.4, 0.5) is 14.6 Å². The fourth-order valence-electron chi connectivity index (χ4n) is 2.66. The lowest BCUT2D eigenvalue weighted by Gasteiger charge is -2.02. The molecule has 3 rings (SSSR count). The Morgan fingerprint density at radius 2 is 2.10 bits per heavy atom. The minimum absolute atomic E-state index is 0.0585. The number of imidazole rings is 1. The average Bonchev–Trinajstić information content (AvgIpc) is 2.74. The summed E-state index contributed by atoms with van der Waals surface area (Å²) in [7, 11) is 0. The predicted molar refractivity (Wildman–Crippen MR) is 68.0 cm³/mol. The molecule has 6 nitrogen and oxygen atoms in total. The van der Waals surface area contributed by atoms with Crippen molar-refractivity contribution in [3.8, 4) is 0 Å². The smallest absolute Gasteiger partial charge is 0.256 e. The van der Waals surface area contributed by atoms with Crippen LogP contribution >= 0.6 is 0 Å². The number of aromatic nitrogens is 4. The van der Waals surface area contributed by atoms with E-state index < -0.39 is 17.8 Å². The molecule has 2 aromatic rings. The molecule has 1 saturated carbocycles. The predicted octanol–water partition coefficient (Wildman–Crippen LogP) is 1.06. The Kier molecular flexibility index (Phi) is 3.04. The minimum atomic E-state index is -2.68. The van der Waals surface area contributed by atoms with Crippen LogP contribution in [0.25, 0.3) is 11.2 Å². The van der Waals surface area contributed by atoms with Crippen molar-refractivity contribution in [3.05, 3.63) is 12.7 Å². The summed E-state index contributed by atoms with van der Waals surface area (Å²) < 4.78 is 29.0. The molecule has 2 atom stereocenters. The highest BCUT2D eigenvalue weighted by Crippen LogP contribution is 2.58. The van der Waals surface area contributed by atoms with Crippen LogP contribution in [-0.2, 0) is 6.54 Å². The van der Waals surface area contributed by atoms with Crippen molar-refractivity contribution in [2.45, 2.75) is 25.3 Å². The van der Waals surface area contributed by atoms with Gasteiger partial charge in [-0.15, -0.1) is 0 Å². The number of nitrogen functional groups attached to an aromatic ring is 1. The molecule has 0 aliphatic heterocycles. The van der Waals surface area contributed by atoms with Gasteiger partial charge in [0.1, 0.15) is 11.8 Å². The maximum atomic E-state index is 13.7. The van der Waals surface area contributed by atoms with E-state index in [1.807, 2.05) is 0 Å². The molecule has 0 radical (unpaired) electrons. The van der Waals surface area contributed by atoms with Crippen LogP contribution in [0.3, 0.4) is 0 Å². The van der Waals surface area contributed by atoms with Gasteiger partial charge >= 0.3 is 0 Å². The summed E-state index contributed by atoms with van der Waals surface area (Å²) in [6.07, 6.45) is 3.49. The summed E-state index contributed by atoms with van der Waals surface area (Å²) in [4.78, 5) is 11.9. The van der Waals surface area contributed by atoms with Crippen LogP contribution in [0, 0.1) is 11.8 Å². The monoisotopic (exact) mass is 283 g/mol. The van der Waals surface area contributed by atoms with Gasteiger partial charge in [-0.05, 0) is 12.8 Å². The number of fused-ring (bicyclic) bond motifs is 1. The van der Waals surface area contributed by atoms with E-state index >= 15 is 0 Å². The van der Waals surface area contributed by atoms with Gasteiger partial charge in [-0.25, -0.2) is 23.7 Å². The van der Waals surface area contributed by atoms with E-state index in [1.165, 1.54) is 12.7 Å². The Labute approximate surface area is 113 Å². The number of alkyl halides is 2. The second-order valence-corrected chi connectivity index (χ2v) is 5.08. The van der Waals surface area contributed by atoms with Crippen LogP contribution in [0.2, 0.25) is 0 Å². The van der Waals surface area contributed by atoms with Gasteiger partial charge in [0.05, 0.1) is 6.33 Å². The molecule has 20 heavy (non-hydrogen) atoms. The van der Waals surface area contributed by atoms with Gasteiger partial charge in [0.25, 0.3) is 5.92 Å². The first-order valence-corrected chi connectivity index (χ1v) is 6.45. The lowest BCUT2D eigenvalue weighted by atomic mass is 10.2. The molecule has 2 heterocycles. The summed E-state index contributed by atoms with van der Waals surface area (Å²) in [5.74, 6) is -3.84. The molecule has 108 valence electrons. The summed E-state index contributed by atoms with van der Waals surface area (Å²) in [5, 5.41) is 8.74. The standard InChI is InChI=1S/C12H15F2N5O/c13-12(14)7(2-1-3-20)8(12)4-19-6-18-9-10(15)16-5-17-11(9)19/h5-8,20H,1-4H2,(H2,15,16,17)/t7-,8+/m1/s1. The Hall–Kier alpha value is -1.83. The van der Waals surface area contributed by atoms with Crippen molar-refractivity contribution in [1.82, 2.24) is 19.5 Å². The van der Waals surface area contributed by atoms with Crippen LogP contribution in [0.15, 0.2) is 12.7 Å².